The number of hydrogen-bond donors (Lipinski definition) is 1. The Bertz CT molecular complexity index is 402. The van der Waals surface area contributed by atoms with Crippen LogP contribution in [0.3, 0.4) is 0 Å². The summed E-state index contributed by atoms with van der Waals surface area (Å²) in [7, 11) is -2.74. The fraction of sp³-hybridized carbons (Fsp3) is 0.500. The molecule has 0 saturated carbocycles. The number of hydrogen-bond acceptors (Lipinski definition) is 5. The number of nitrogens with zero attached hydrogens (tertiary/aromatic N) is 1. The van der Waals surface area contributed by atoms with Crippen molar-refractivity contribution in [2.24, 2.45) is 0 Å². The lowest BCUT2D eigenvalue weighted by atomic mass is 10.4. The molecule has 1 aromatic heterocycles. The summed E-state index contributed by atoms with van der Waals surface area (Å²) in [5.74, 6) is 0.453. The van der Waals surface area contributed by atoms with Gasteiger partial charge in [-0.25, -0.2) is 13.4 Å². The Hall–Kier alpha value is -0.140. The van der Waals surface area contributed by atoms with Gasteiger partial charge in [0.25, 0.3) is 0 Å². The molecule has 13 heavy (non-hydrogen) atoms. The molecule has 0 bridgehead atoms. The van der Waals surface area contributed by atoms with Crippen molar-refractivity contribution in [3.8, 4) is 0 Å². The van der Waals surface area contributed by atoms with Crippen LogP contribution in [0, 0.1) is 0 Å². The molecule has 0 aromatic carbocycles. The van der Waals surface area contributed by atoms with Gasteiger partial charge in [-0.1, -0.05) is 0 Å². The molecule has 1 aliphatic heterocycles. The highest BCUT2D eigenvalue weighted by Gasteiger charge is 2.33. The molecule has 0 amide bonds. The first kappa shape index (κ1) is 9.42. The molecule has 72 valence electrons. The van der Waals surface area contributed by atoms with Crippen LogP contribution in [0.5, 0.6) is 0 Å². The van der Waals surface area contributed by atoms with Crippen molar-refractivity contribution >= 4 is 42.2 Å². The fourth-order valence-corrected chi connectivity index (χ4v) is 3.66. The maximum atomic E-state index is 10.8. The smallest absolute Gasteiger partial charge is 0.184 e. The second-order valence-corrected chi connectivity index (χ2v) is 6.72. The van der Waals surface area contributed by atoms with Crippen LogP contribution >= 0.6 is 27.3 Å². The van der Waals surface area contributed by atoms with E-state index in [4.69, 9.17) is 0 Å². The third-order valence-electron chi connectivity index (χ3n) is 1.71. The number of anilines is 1. The van der Waals surface area contributed by atoms with E-state index in [9.17, 15) is 8.42 Å². The molecule has 2 heterocycles. The second-order valence-electron chi connectivity index (χ2n) is 2.89. The van der Waals surface area contributed by atoms with Gasteiger partial charge in [-0.3, -0.25) is 0 Å². The average molecular weight is 283 g/mol. The van der Waals surface area contributed by atoms with Crippen molar-refractivity contribution in [3.63, 3.8) is 0 Å². The first-order chi connectivity index (χ1) is 6.05. The second kappa shape index (κ2) is 3.21. The number of thiazole rings is 1. The van der Waals surface area contributed by atoms with Gasteiger partial charge in [0.2, 0.25) is 0 Å². The van der Waals surface area contributed by atoms with Gasteiger partial charge < -0.3 is 5.32 Å². The van der Waals surface area contributed by atoms with E-state index in [0.29, 0.717) is 0 Å². The number of sulfone groups is 1. The summed E-state index contributed by atoms with van der Waals surface area (Å²) < 4.78 is 22.4. The van der Waals surface area contributed by atoms with E-state index in [2.05, 4.69) is 26.2 Å². The van der Waals surface area contributed by atoms with E-state index in [0.717, 1.165) is 9.73 Å². The first-order valence-corrected chi connectivity index (χ1v) is 7.12. The van der Waals surface area contributed by atoms with E-state index in [1.807, 2.05) is 5.38 Å². The molecule has 1 N–H and O–H groups in total. The van der Waals surface area contributed by atoms with Crippen LogP contribution in [-0.4, -0.2) is 30.9 Å². The predicted octanol–water partition coefficient (Wildman–Crippen LogP) is 1.11. The SMILES string of the molecule is O=S1(=O)CC(Nc2nc(Br)cs2)C1. The van der Waals surface area contributed by atoms with Crippen LogP contribution in [0.15, 0.2) is 9.98 Å². The highest BCUT2D eigenvalue weighted by molar-refractivity contribution is 9.10. The predicted molar refractivity (Wildman–Crippen MR) is 55.9 cm³/mol. The molecule has 7 heteroatoms. The number of aromatic nitrogens is 1. The normalized spacial score (nSPS) is 21.0. The summed E-state index contributed by atoms with van der Waals surface area (Å²) in [6, 6.07) is 0.0445. The minimum absolute atomic E-state index is 0.0445. The zero-order chi connectivity index (χ0) is 9.47. The maximum absolute atomic E-state index is 10.8. The fourth-order valence-electron chi connectivity index (χ4n) is 1.14. The largest absolute Gasteiger partial charge is 0.357 e. The lowest BCUT2D eigenvalue weighted by Gasteiger charge is -2.26. The van der Waals surface area contributed by atoms with Crippen molar-refractivity contribution in [3.05, 3.63) is 9.98 Å². The molecule has 1 aromatic rings. The monoisotopic (exact) mass is 282 g/mol. The third-order valence-corrected chi connectivity index (χ3v) is 5.02. The van der Waals surface area contributed by atoms with Crippen LogP contribution < -0.4 is 5.32 Å². The van der Waals surface area contributed by atoms with Gasteiger partial charge in [0, 0.05) is 5.38 Å². The van der Waals surface area contributed by atoms with Gasteiger partial charge in [0.1, 0.15) is 4.60 Å². The quantitative estimate of drug-likeness (QED) is 0.883. The molecule has 0 radical (unpaired) electrons. The Balaban J connectivity index is 1.94. The van der Waals surface area contributed by atoms with Gasteiger partial charge in [0.15, 0.2) is 15.0 Å². The summed E-state index contributed by atoms with van der Waals surface area (Å²) >= 11 is 4.69. The topological polar surface area (TPSA) is 59.1 Å². The van der Waals surface area contributed by atoms with E-state index in [1.54, 1.807) is 0 Å². The minimum atomic E-state index is -2.74. The Morgan fingerprint density at radius 2 is 2.31 bits per heavy atom. The molecule has 1 aliphatic rings. The van der Waals surface area contributed by atoms with Crippen LogP contribution in [0.1, 0.15) is 0 Å². The average Bonchev–Trinajstić information content (AvgIpc) is 2.31. The molecule has 0 atom stereocenters. The highest BCUT2D eigenvalue weighted by Crippen LogP contribution is 2.22. The number of rotatable bonds is 2. The van der Waals surface area contributed by atoms with Gasteiger partial charge in [0.05, 0.1) is 17.5 Å². The van der Waals surface area contributed by atoms with Crippen molar-refractivity contribution in [1.29, 1.82) is 0 Å². The van der Waals surface area contributed by atoms with Crippen LogP contribution in [0.2, 0.25) is 0 Å². The van der Waals surface area contributed by atoms with Gasteiger partial charge in [-0.05, 0) is 15.9 Å². The van der Waals surface area contributed by atoms with E-state index in [1.165, 1.54) is 11.3 Å². The van der Waals surface area contributed by atoms with E-state index < -0.39 is 9.84 Å². The molecule has 0 spiro atoms. The molecule has 1 saturated heterocycles. The van der Waals surface area contributed by atoms with Crippen molar-refractivity contribution in [2.75, 3.05) is 16.8 Å². The van der Waals surface area contributed by atoms with Gasteiger partial charge in [-0.15, -0.1) is 11.3 Å². The Morgan fingerprint density at radius 3 is 2.77 bits per heavy atom. The Morgan fingerprint density at radius 1 is 1.62 bits per heavy atom. The molecule has 0 aliphatic carbocycles. The third kappa shape index (κ3) is 2.21. The summed E-state index contributed by atoms with van der Waals surface area (Å²) in [6.45, 7) is 0. The zero-order valence-electron chi connectivity index (χ0n) is 6.53. The molecular weight excluding hydrogens is 276 g/mol. The van der Waals surface area contributed by atoms with Gasteiger partial charge >= 0.3 is 0 Å². The summed E-state index contributed by atoms with van der Waals surface area (Å²) in [6.07, 6.45) is 0. The minimum Gasteiger partial charge on any atom is -0.357 e. The molecule has 0 unspecified atom stereocenters. The Labute approximate surface area is 88.4 Å². The van der Waals surface area contributed by atoms with Crippen molar-refractivity contribution in [2.45, 2.75) is 6.04 Å². The molecular formula is C6H7BrN2O2S2. The number of nitrogens with one attached hydrogen (secondary N) is 1. The summed E-state index contributed by atoms with van der Waals surface area (Å²) in [5.41, 5.74) is 0. The first-order valence-electron chi connectivity index (χ1n) is 3.63. The number of halogens is 1. The lowest BCUT2D eigenvalue weighted by molar-refractivity contribution is 0.570. The lowest BCUT2D eigenvalue weighted by Crippen LogP contribution is -2.46. The van der Waals surface area contributed by atoms with Crippen molar-refractivity contribution in [1.82, 2.24) is 4.98 Å². The van der Waals surface area contributed by atoms with Crippen LogP contribution in [-0.2, 0) is 9.84 Å². The molecule has 1 fully saturated rings. The zero-order valence-corrected chi connectivity index (χ0v) is 9.75. The molecule has 2 rings (SSSR count). The van der Waals surface area contributed by atoms with Crippen molar-refractivity contribution < 1.29 is 8.42 Å². The van der Waals surface area contributed by atoms with Crippen LogP contribution in [0.25, 0.3) is 0 Å². The summed E-state index contributed by atoms with van der Waals surface area (Å²) in [4.78, 5) is 4.11. The van der Waals surface area contributed by atoms with E-state index >= 15 is 0 Å². The standard InChI is InChI=1S/C6H7BrN2O2S2/c7-5-1-12-6(9-5)8-4-2-13(10,11)3-4/h1,4H,2-3H2,(H,8,9). The Kier molecular flexibility index (Phi) is 2.33. The van der Waals surface area contributed by atoms with Gasteiger partial charge in [-0.2, -0.15) is 0 Å². The molecule has 4 nitrogen and oxygen atoms in total. The highest BCUT2D eigenvalue weighted by atomic mass is 79.9. The van der Waals surface area contributed by atoms with E-state index in [-0.39, 0.29) is 17.5 Å². The van der Waals surface area contributed by atoms with Crippen LogP contribution in [0.4, 0.5) is 5.13 Å². The summed E-state index contributed by atoms with van der Waals surface area (Å²) in [5, 5.41) is 5.68. The maximum Gasteiger partial charge on any atom is 0.184 e.